The average molecular weight is 255 g/mol. The lowest BCUT2D eigenvalue weighted by Crippen LogP contribution is -2.46. The van der Waals surface area contributed by atoms with Gasteiger partial charge in [0.05, 0.1) is 11.7 Å². The zero-order valence-corrected chi connectivity index (χ0v) is 11.8. The van der Waals surface area contributed by atoms with Gasteiger partial charge in [0.1, 0.15) is 0 Å². The van der Waals surface area contributed by atoms with Gasteiger partial charge in [-0.15, -0.1) is 0 Å². The molecule has 0 amide bonds. The van der Waals surface area contributed by atoms with Gasteiger partial charge in [0.2, 0.25) is 0 Å². The summed E-state index contributed by atoms with van der Waals surface area (Å²) in [5.41, 5.74) is -0.448. The van der Waals surface area contributed by atoms with Crippen LogP contribution in [-0.4, -0.2) is 36.5 Å². The quantitative estimate of drug-likeness (QED) is 0.759. The summed E-state index contributed by atoms with van der Waals surface area (Å²) in [6.07, 6.45) is 12.1. The molecular formula is C15H29NO2. The van der Waals surface area contributed by atoms with Gasteiger partial charge in [0.25, 0.3) is 0 Å². The van der Waals surface area contributed by atoms with E-state index in [0.717, 1.165) is 25.8 Å². The van der Waals surface area contributed by atoms with E-state index in [9.17, 15) is 5.11 Å². The molecular weight excluding hydrogens is 226 g/mol. The number of hydrogen-bond donors (Lipinski definition) is 2. The van der Waals surface area contributed by atoms with Crippen LogP contribution in [0.4, 0.5) is 0 Å². The predicted molar refractivity (Wildman–Crippen MR) is 73.7 cm³/mol. The van der Waals surface area contributed by atoms with Crippen LogP contribution in [-0.2, 0) is 4.74 Å². The molecule has 2 atom stereocenters. The van der Waals surface area contributed by atoms with Crippen molar-refractivity contribution in [2.75, 3.05) is 13.7 Å². The van der Waals surface area contributed by atoms with E-state index in [0.29, 0.717) is 12.1 Å². The van der Waals surface area contributed by atoms with Crippen molar-refractivity contribution in [1.82, 2.24) is 5.32 Å². The maximum absolute atomic E-state index is 10.6. The van der Waals surface area contributed by atoms with Crippen LogP contribution in [0.15, 0.2) is 0 Å². The minimum absolute atomic E-state index is 0.417. The molecule has 2 aliphatic rings. The van der Waals surface area contributed by atoms with Crippen molar-refractivity contribution in [1.29, 1.82) is 0 Å². The Morgan fingerprint density at radius 2 is 1.83 bits per heavy atom. The summed E-state index contributed by atoms with van der Waals surface area (Å²) >= 11 is 0. The second-order valence-corrected chi connectivity index (χ2v) is 6.24. The highest BCUT2D eigenvalue weighted by Gasteiger charge is 2.29. The van der Waals surface area contributed by atoms with E-state index in [1.54, 1.807) is 0 Å². The van der Waals surface area contributed by atoms with Crippen LogP contribution < -0.4 is 5.32 Å². The standard InChI is InChI=1S/C15H29NO2/c1-18-14-8-6-7-13(11-14)16-12-15(17)9-4-2-3-5-10-15/h13-14,16-17H,2-12H2,1H3. The first kappa shape index (κ1) is 14.3. The smallest absolute Gasteiger partial charge is 0.0771 e. The molecule has 2 aliphatic carbocycles. The van der Waals surface area contributed by atoms with Gasteiger partial charge in [-0.2, -0.15) is 0 Å². The summed E-state index contributed by atoms with van der Waals surface area (Å²) in [6, 6.07) is 0.538. The average Bonchev–Trinajstić information content (AvgIpc) is 2.62. The van der Waals surface area contributed by atoms with E-state index in [-0.39, 0.29) is 0 Å². The Kier molecular flexibility index (Phi) is 5.46. The largest absolute Gasteiger partial charge is 0.389 e. The van der Waals surface area contributed by atoms with Crippen LogP contribution >= 0.6 is 0 Å². The molecule has 18 heavy (non-hydrogen) atoms. The zero-order chi connectivity index (χ0) is 12.8. The first-order valence-electron chi connectivity index (χ1n) is 7.70. The van der Waals surface area contributed by atoms with Crippen LogP contribution in [0.2, 0.25) is 0 Å². The Morgan fingerprint density at radius 1 is 1.11 bits per heavy atom. The van der Waals surface area contributed by atoms with Gasteiger partial charge in [-0.05, 0) is 38.5 Å². The Labute approximate surface area is 111 Å². The Morgan fingerprint density at radius 3 is 2.50 bits per heavy atom. The lowest BCUT2D eigenvalue weighted by atomic mass is 9.90. The van der Waals surface area contributed by atoms with E-state index in [4.69, 9.17) is 4.74 Å². The maximum atomic E-state index is 10.6. The minimum atomic E-state index is -0.448. The summed E-state index contributed by atoms with van der Waals surface area (Å²) in [4.78, 5) is 0. The van der Waals surface area contributed by atoms with Crippen molar-refractivity contribution in [3.8, 4) is 0 Å². The highest BCUT2D eigenvalue weighted by Crippen LogP contribution is 2.27. The van der Waals surface area contributed by atoms with Crippen LogP contribution in [0.25, 0.3) is 0 Å². The molecule has 106 valence electrons. The van der Waals surface area contributed by atoms with Crippen molar-refractivity contribution in [2.24, 2.45) is 0 Å². The Bertz CT molecular complexity index is 237. The molecule has 0 saturated heterocycles. The number of hydrogen-bond acceptors (Lipinski definition) is 3. The fraction of sp³-hybridized carbons (Fsp3) is 1.00. The molecule has 3 nitrogen and oxygen atoms in total. The highest BCUT2D eigenvalue weighted by molar-refractivity contribution is 4.86. The third kappa shape index (κ3) is 4.22. The molecule has 0 aliphatic heterocycles. The fourth-order valence-electron chi connectivity index (χ4n) is 3.44. The van der Waals surface area contributed by atoms with E-state index in [1.165, 1.54) is 44.9 Å². The molecule has 0 bridgehead atoms. The van der Waals surface area contributed by atoms with Crippen molar-refractivity contribution >= 4 is 0 Å². The van der Waals surface area contributed by atoms with Gasteiger partial charge < -0.3 is 15.2 Å². The Balaban J connectivity index is 1.75. The predicted octanol–water partition coefficient (Wildman–Crippen LogP) is 2.62. The van der Waals surface area contributed by atoms with E-state index in [1.807, 2.05) is 7.11 Å². The van der Waals surface area contributed by atoms with Crippen molar-refractivity contribution in [3.63, 3.8) is 0 Å². The molecule has 3 heteroatoms. The lowest BCUT2D eigenvalue weighted by Gasteiger charge is -2.33. The second kappa shape index (κ2) is 6.88. The molecule has 2 saturated carbocycles. The monoisotopic (exact) mass is 255 g/mol. The van der Waals surface area contributed by atoms with Gasteiger partial charge in [-0.25, -0.2) is 0 Å². The van der Waals surface area contributed by atoms with Gasteiger partial charge in [-0.3, -0.25) is 0 Å². The molecule has 0 aromatic carbocycles. The Hall–Kier alpha value is -0.120. The van der Waals surface area contributed by atoms with Crippen molar-refractivity contribution in [3.05, 3.63) is 0 Å². The zero-order valence-electron chi connectivity index (χ0n) is 11.8. The third-order valence-electron chi connectivity index (χ3n) is 4.71. The minimum Gasteiger partial charge on any atom is -0.389 e. The number of aliphatic hydroxyl groups is 1. The second-order valence-electron chi connectivity index (χ2n) is 6.24. The van der Waals surface area contributed by atoms with Crippen molar-refractivity contribution < 1.29 is 9.84 Å². The van der Waals surface area contributed by atoms with E-state index in [2.05, 4.69) is 5.32 Å². The first-order chi connectivity index (χ1) is 8.72. The molecule has 2 unspecified atom stereocenters. The fourth-order valence-corrected chi connectivity index (χ4v) is 3.44. The normalized spacial score (nSPS) is 33.0. The first-order valence-corrected chi connectivity index (χ1v) is 7.70. The van der Waals surface area contributed by atoms with E-state index < -0.39 is 5.60 Å². The molecule has 2 rings (SSSR count). The van der Waals surface area contributed by atoms with Crippen molar-refractivity contribution in [2.45, 2.75) is 82.0 Å². The summed E-state index contributed by atoms with van der Waals surface area (Å²) in [6.45, 7) is 0.772. The van der Waals surface area contributed by atoms with Gasteiger partial charge in [0.15, 0.2) is 0 Å². The van der Waals surface area contributed by atoms with Crippen LogP contribution in [0, 0.1) is 0 Å². The van der Waals surface area contributed by atoms with E-state index >= 15 is 0 Å². The molecule has 2 fully saturated rings. The van der Waals surface area contributed by atoms with Crippen LogP contribution in [0.1, 0.15) is 64.2 Å². The molecule has 0 aromatic rings. The highest BCUT2D eigenvalue weighted by atomic mass is 16.5. The molecule has 0 radical (unpaired) electrons. The number of rotatable bonds is 4. The molecule has 0 spiro atoms. The number of nitrogens with one attached hydrogen (secondary N) is 1. The van der Waals surface area contributed by atoms with Gasteiger partial charge in [-0.1, -0.05) is 25.7 Å². The molecule has 0 aromatic heterocycles. The summed E-state index contributed by atoms with van der Waals surface area (Å²) < 4.78 is 5.46. The van der Waals surface area contributed by atoms with Crippen LogP contribution in [0.5, 0.6) is 0 Å². The lowest BCUT2D eigenvalue weighted by molar-refractivity contribution is 0.0140. The third-order valence-corrected chi connectivity index (χ3v) is 4.71. The van der Waals surface area contributed by atoms with Gasteiger partial charge >= 0.3 is 0 Å². The SMILES string of the molecule is COC1CCCC(NCC2(O)CCCCCC2)C1. The molecule has 2 N–H and O–H groups in total. The van der Waals surface area contributed by atoms with Crippen LogP contribution in [0.3, 0.4) is 0 Å². The summed E-state index contributed by atoms with van der Waals surface area (Å²) in [5.74, 6) is 0. The summed E-state index contributed by atoms with van der Waals surface area (Å²) in [7, 11) is 1.81. The number of methoxy groups -OCH3 is 1. The maximum Gasteiger partial charge on any atom is 0.0771 e. The topological polar surface area (TPSA) is 41.5 Å². The summed E-state index contributed by atoms with van der Waals surface area (Å²) in [5, 5.41) is 14.2. The number of ether oxygens (including phenoxy) is 1. The van der Waals surface area contributed by atoms with Gasteiger partial charge in [0, 0.05) is 19.7 Å². The molecule has 0 heterocycles.